The van der Waals surface area contributed by atoms with Crippen LogP contribution in [0.2, 0.25) is 0 Å². The van der Waals surface area contributed by atoms with Crippen molar-refractivity contribution >= 4 is 23.2 Å². The predicted octanol–water partition coefficient (Wildman–Crippen LogP) is 1.88. The van der Waals surface area contributed by atoms with Crippen molar-refractivity contribution in [1.29, 1.82) is 0 Å². The molecule has 4 nitrogen and oxygen atoms in total. The van der Waals surface area contributed by atoms with E-state index in [4.69, 9.17) is 0 Å². The Morgan fingerprint density at radius 2 is 2.39 bits per heavy atom. The molecule has 5 heteroatoms. The molecule has 1 saturated heterocycles. The van der Waals surface area contributed by atoms with Crippen LogP contribution in [0.5, 0.6) is 0 Å². The Morgan fingerprint density at radius 3 is 3.06 bits per heavy atom. The van der Waals surface area contributed by atoms with Crippen molar-refractivity contribution in [3.63, 3.8) is 0 Å². The molecular weight excluding hydrogens is 248 g/mol. The van der Waals surface area contributed by atoms with E-state index >= 15 is 0 Å². The predicted molar refractivity (Wildman–Crippen MR) is 71.7 cm³/mol. The van der Waals surface area contributed by atoms with Gasteiger partial charge in [0.05, 0.1) is 4.88 Å². The van der Waals surface area contributed by atoms with Gasteiger partial charge in [0, 0.05) is 13.1 Å². The number of nitrogens with zero attached hydrogens (tertiary/aromatic N) is 1. The van der Waals surface area contributed by atoms with Gasteiger partial charge in [0.2, 0.25) is 5.91 Å². The van der Waals surface area contributed by atoms with E-state index in [1.807, 2.05) is 24.4 Å². The van der Waals surface area contributed by atoms with Gasteiger partial charge < -0.3 is 10.2 Å². The molecule has 1 atom stereocenters. The monoisotopic (exact) mass is 266 g/mol. The second-order valence-corrected chi connectivity index (χ2v) is 5.37. The molecule has 1 aromatic rings. The number of carbonyl (C=O) groups excluding carboxylic acids is 2. The molecule has 18 heavy (non-hydrogen) atoms. The third kappa shape index (κ3) is 2.72. The minimum absolute atomic E-state index is 0.0146. The van der Waals surface area contributed by atoms with E-state index in [-0.39, 0.29) is 17.9 Å². The highest BCUT2D eigenvalue weighted by molar-refractivity contribution is 7.12. The zero-order valence-electron chi connectivity index (χ0n) is 10.5. The molecule has 1 fully saturated rings. The minimum Gasteiger partial charge on any atom is -0.354 e. The van der Waals surface area contributed by atoms with E-state index in [1.165, 1.54) is 11.3 Å². The molecule has 0 aliphatic carbocycles. The molecule has 2 heterocycles. The van der Waals surface area contributed by atoms with Crippen molar-refractivity contribution in [2.24, 2.45) is 0 Å². The van der Waals surface area contributed by atoms with Gasteiger partial charge in [0.1, 0.15) is 6.04 Å². The van der Waals surface area contributed by atoms with Gasteiger partial charge in [-0.1, -0.05) is 13.0 Å². The number of thiophene rings is 1. The van der Waals surface area contributed by atoms with Gasteiger partial charge in [0.15, 0.2) is 0 Å². The molecule has 1 aliphatic rings. The molecule has 2 amide bonds. The Balaban J connectivity index is 2.03. The summed E-state index contributed by atoms with van der Waals surface area (Å²) in [5.41, 5.74) is 0. The number of hydrogen-bond donors (Lipinski definition) is 1. The molecule has 0 radical (unpaired) electrons. The van der Waals surface area contributed by atoms with Gasteiger partial charge in [0.25, 0.3) is 5.91 Å². The van der Waals surface area contributed by atoms with Crippen LogP contribution < -0.4 is 5.32 Å². The van der Waals surface area contributed by atoms with Crippen LogP contribution in [0.1, 0.15) is 35.9 Å². The summed E-state index contributed by atoms with van der Waals surface area (Å²) in [7, 11) is 0. The fourth-order valence-electron chi connectivity index (χ4n) is 2.19. The maximum Gasteiger partial charge on any atom is 0.264 e. The fraction of sp³-hybridized carbons (Fsp3) is 0.538. The summed E-state index contributed by atoms with van der Waals surface area (Å²) < 4.78 is 0. The summed E-state index contributed by atoms with van der Waals surface area (Å²) in [5.74, 6) is -0.0293. The van der Waals surface area contributed by atoms with Gasteiger partial charge in [-0.15, -0.1) is 11.3 Å². The third-order valence-corrected chi connectivity index (χ3v) is 3.96. The van der Waals surface area contributed by atoms with E-state index in [0.717, 1.165) is 19.3 Å². The highest BCUT2D eigenvalue weighted by Crippen LogP contribution is 2.22. The second-order valence-electron chi connectivity index (χ2n) is 4.42. The maximum absolute atomic E-state index is 12.3. The van der Waals surface area contributed by atoms with Gasteiger partial charge in [-0.2, -0.15) is 0 Å². The summed E-state index contributed by atoms with van der Waals surface area (Å²) in [4.78, 5) is 26.7. The lowest BCUT2D eigenvalue weighted by molar-refractivity contribution is -0.124. The van der Waals surface area contributed by atoms with Crippen molar-refractivity contribution in [1.82, 2.24) is 10.2 Å². The van der Waals surface area contributed by atoms with Crippen LogP contribution in [0.3, 0.4) is 0 Å². The number of likely N-dealkylation sites (tertiary alicyclic amines) is 1. The summed E-state index contributed by atoms with van der Waals surface area (Å²) in [6.07, 6.45) is 2.59. The van der Waals surface area contributed by atoms with E-state index < -0.39 is 0 Å². The first-order valence-corrected chi connectivity index (χ1v) is 7.24. The van der Waals surface area contributed by atoms with Crippen molar-refractivity contribution < 1.29 is 9.59 Å². The Labute approximate surface area is 111 Å². The van der Waals surface area contributed by atoms with Gasteiger partial charge in [-0.3, -0.25) is 9.59 Å². The quantitative estimate of drug-likeness (QED) is 0.904. The standard InChI is InChI=1S/C13H18N2O2S/c1-2-7-14-12(16)10-5-3-8-15(10)13(17)11-6-4-9-18-11/h4,6,9-10H,2-3,5,7-8H2,1H3,(H,14,16)/t10-/m1/s1. The molecular formula is C13H18N2O2S. The van der Waals surface area contributed by atoms with E-state index in [0.29, 0.717) is 18.0 Å². The number of nitrogens with one attached hydrogen (secondary N) is 1. The molecule has 2 rings (SSSR count). The Hall–Kier alpha value is -1.36. The molecule has 0 spiro atoms. The van der Waals surface area contributed by atoms with Crippen LogP contribution in [0.15, 0.2) is 17.5 Å². The molecule has 1 aliphatic heterocycles. The summed E-state index contributed by atoms with van der Waals surface area (Å²) >= 11 is 1.43. The van der Waals surface area contributed by atoms with E-state index in [1.54, 1.807) is 4.90 Å². The van der Waals surface area contributed by atoms with E-state index in [2.05, 4.69) is 5.32 Å². The average Bonchev–Trinajstić information content (AvgIpc) is 3.04. The van der Waals surface area contributed by atoms with Crippen LogP contribution in [0.4, 0.5) is 0 Å². The van der Waals surface area contributed by atoms with Crippen molar-refractivity contribution in [3.05, 3.63) is 22.4 Å². The summed E-state index contributed by atoms with van der Waals surface area (Å²) in [6, 6.07) is 3.39. The second kappa shape index (κ2) is 6.00. The van der Waals surface area contributed by atoms with Crippen molar-refractivity contribution in [2.45, 2.75) is 32.2 Å². The molecule has 1 aromatic heterocycles. The van der Waals surface area contributed by atoms with Crippen LogP contribution in [0, 0.1) is 0 Å². The highest BCUT2D eigenvalue weighted by Gasteiger charge is 2.34. The first-order chi connectivity index (χ1) is 8.74. The average molecular weight is 266 g/mol. The minimum atomic E-state index is -0.286. The number of amides is 2. The highest BCUT2D eigenvalue weighted by atomic mass is 32.1. The number of hydrogen-bond acceptors (Lipinski definition) is 3. The SMILES string of the molecule is CCCNC(=O)[C@H]1CCCN1C(=O)c1cccs1. The topological polar surface area (TPSA) is 49.4 Å². The molecule has 0 unspecified atom stereocenters. The van der Waals surface area contributed by atoms with Crippen LogP contribution in [-0.4, -0.2) is 35.8 Å². The Bertz CT molecular complexity index is 417. The van der Waals surface area contributed by atoms with Gasteiger partial charge in [-0.25, -0.2) is 0 Å². The zero-order chi connectivity index (χ0) is 13.0. The van der Waals surface area contributed by atoms with Crippen LogP contribution in [-0.2, 0) is 4.79 Å². The summed E-state index contributed by atoms with van der Waals surface area (Å²) in [5, 5.41) is 4.76. The lowest BCUT2D eigenvalue weighted by atomic mass is 10.2. The maximum atomic E-state index is 12.3. The lowest BCUT2D eigenvalue weighted by Crippen LogP contribution is -2.45. The Kier molecular flexibility index (Phi) is 4.36. The Morgan fingerprint density at radius 1 is 1.56 bits per heavy atom. The number of rotatable bonds is 4. The molecule has 98 valence electrons. The van der Waals surface area contributed by atoms with E-state index in [9.17, 15) is 9.59 Å². The zero-order valence-corrected chi connectivity index (χ0v) is 11.3. The first-order valence-electron chi connectivity index (χ1n) is 6.36. The molecule has 0 bridgehead atoms. The van der Waals surface area contributed by atoms with Gasteiger partial charge in [-0.05, 0) is 30.7 Å². The molecule has 0 saturated carbocycles. The molecule has 1 N–H and O–H groups in total. The normalized spacial score (nSPS) is 18.9. The largest absolute Gasteiger partial charge is 0.354 e. The smallest absolute Gasteiger partial charge is 0.264 e. The summed E-state index contributed by atoms with van der Waals surface area (Å²) in [6.45, 7) is 3.38. The van der Waals surface area contributed by atoms with Crippen molar-refractivity contribution in [2.75, 3.05) is 13.1 Å². The third-order valence-electron chi connectivity index (χ3n) is 3.10. The fourth-order valence-corrected chi connectivity index (χ4v) is 2.87. The van der Waals surface area contributed by atoms with Gasteiger partial charge >= 0.3 is 0 Å². The van der Waals surface area contributed by atoms with Crippen LogP contribution in [0.25, 0.3) is 0 Å². The van der Waals surface area contributed by atoms with Crippen LogP contribution >= 0.6 is 11.3 Å². The number of carbonyl (C=O) groups is 2. The lowest BCUT2D eigenvalue weighted by Gasteiger charge is -2.23. The molecule has 0 aromatic carbocycles. The first kappa shape index (κ1) is 13.1. The van der Waals surface area contributed by atoms with Crippen molar-refractivity contribution in [3.8, 4) is 0 Å².